The second-order valence-electron chi connectivity index (χ2n) is 8.26. The number of aromatic nitrogens is 1. The predicted molar refractivity (Wildman–Crippen MR) is 105 cm³/mol. The highest BCUT2D eigenvalue weighted by Crippen LogP contribution is 2.32. The zero-order valence-corrected chi connectivity index (χ0v) is 15.7. The van der Waals surface area contributed by atoms with Crippen LogP contribution >= 0.6 is 0 Å². The first kappa shape index (κ1) is 17.1. The second-order valence-corrected chi connectivity index (χ2v) is 8.26. The van der Waals surface area contributed by atoms with Gasteiger partial charge in [-0.15, -0.1) is 0 Å². The summed E-state index contributed by atoms with van der Waals surface area (Å²) in [6.07, 6.45) is 6.43. The molecule has 4 aliphatic heterocycles. The van der Waals surface area contributed by atoms with E-state index < -0.39 is 0 Å². The maximum atomic E-state index is 13.3. The maximum Gasteiger partial charge on any atom is 0.254 e. The molecule has 0 radical (unpaired) electrons. The Morgan fingerprint density at radius 3 is 2.78 bits per heavy atom. The summed E-state index contributed by atoms with van der Waals surface area (Å²) in [7, 11) is 0. The average Bonchev–Trinajstić information content (AvgIpc) is 3.06. The number of hydrogen-bond acceptors (Lipinski definition) is 4. The van der Waals surface area contributed by atoms with Crippen LogP contribution in [-0.2, 0) is 4.74 Å². The summed E-state index contributed by atoms with van der Waals surface area (Å²) in [6, 6.07) is 10.8. The van der Waals surface area contributed by atoms with E-state index in [0.717, 1.165) is 68.6 Å². The van der Waals surface area contributed by atoms with Gasteiger partial charge in [0.15, 0.2) is 0 Å². The number of pyridine rings is 1. The van der Waals surface area contributed by atoms with Gasteiger partial charge in [0.25, 0.3) is 5.91 Å². The van der Waals surface area contributed by atoms with Gasteiger partial charge in [-0.3, -0.25) is 14.7 Å². The average molecular weight is 365 g/mol. The minimum Gasteiger partial charge on any atom is -0.381 e. The fourth-order valence-electron chi connectivity index (χ4n) is 5.09. The van der Waals surface area contributed by atoms with Crippen LogP contribution in [-0.4, -0.2) is 65.6 Å². The van der Waals surface area contributed by atoms with E-state index in [2.05, 4.69) is 14.8 Å². The third-order valence-corrected chi connectivity index (χ3v) is 6.56. The fraction of sp³-hybridized carbons (Fsp3) is 0.545. The van der Waals surface area contributed by atoms with Crippen LogP contribution in [0.15, 0.2) is 36.5 Å². The molecule has 1 aromatic heterocycles. The molecule has 4 aliphatic rings. The fourth-order valence-corrected chi connectivity index (χ4v) is 5.09. The summed E-state index contributed by atoms with van der Waals surface area (Å²) < 4.78 is 5.55. The Hall–Kier alpha value is -1.98. The number of rotatable bonds is 2. The Morgan fingerprint density at radius 1 is 1.00 bits per heavy atom. The van der Waals surface area contributed by atoms with Crippen LogP contribution in [0.25, 0.3) is 10.9 Å². The third kappa shape index (κ3) is 3.34. The van der Waals surface area contributed by atoms with Crippen molar-refractivity contribution in [1.82, 2.24) is 14.8 Å². The number of benzene rings is 1. The van der Waals surface area contributed by atoms with Gasteiger partial charge in [-0.2, -0.15) is 0 Å². The number of carbonyl (C=O) groups is 1. The summed E-state index contributed by atoms with van der Waals surface area (Å²) in [5, 5.41) is 1.03. The molecule has 5 nitrogen and oxygen atoms in total. The lowest BCUT2D eigenvalue weighted by Crippen LogP contribution is -2.48. The van der Waals surface area contributed by atoms with Crippen molar-refractivity contribution in [2.45, 2.75) is 37.8 Å². The van der Waals surface area contributed by atoms with Gasteiger partial charge in [0.2, 0.25) is 0 Å². The van der Waals surface area contributed by atoms with Crippen molar-refractivity contribution < 1.29 is 9.53 Å². The molecule has 27 heavy (non-hydrogen) atoms. The van der Waals surface area contributed by atoms with Crippen LogP contribution in [0, 0.1) is 5.92 Å². The molecule has 0 aliphatic carbocycles. The molecule has 142 valence electrons. The first-order chi connectivity index (χ1) is 13.3. The maximum absolute atomic E-state index is 13.3. The van der Waals surface area contributed by atoms with Crippen molar-refractivity contribution in [3.05, 3.63) is 42.1 Å². The van der Waals surface area contributed by atoms with Gasteiger partial charge >= 0.3 is 0 Å². The highest BCUT2D eigenvalue weighted by Gasteiger charge is 2.39. The standard InChI is InChI=1S/C22H27N3O2/c26-22(18-4-6-21-17(12-18)2-1-9-23-21)25-14-16-3-5-20(25)15-24(13-16)19-7-10-27-11-8-19/h1-2,4,6,9,12,16,19-20H,3,5,7-8,10-11,13-15H2/t16-,20+/m0/s1. The van der Waals surface area contributed by atoms with Crippen LogP contribution in [0.3, 0.4) is 0 Å². The zero-order chi connectivity index (χ0) is 18.2. The SMILES string of the molecule is O=C(c1ccc2ncccc2c1)N1C[C@H]2CC[C@@H]1CN(C1CCOCC1)C2. The smallest absolute Gasteiger partial charge is 0.254 e. The van der Waals surface area contributed by atoms with E-state index in [9.17, 15) is 4.79 Å². The van der Waals surface area contributed by atoms with Gasteiger partial charge in [0.1, 0.15) is 0 Å². The van der Waals surface area contributed by atoms with Crippen molar-refractivity contribution in [3.8, 4) is 0 Å². The highest BCUT2D eigenvalue weighted by molar-refractivity contribution is 5.98. The van der Waals surface area contributed by atoms with E-state index in [-0.39, 0.29) is 5.91 Å². The number of fused-ring (bicyclic) bond motifs is 5. The molecule has 5 heteroatoms. The molecule has 2 bridgehead atoms. The van der Waals surface area contributed by atoms with Gasteiger partial charge in [-0.1, -0.05) is 6.07 Å². The molecule has 2 atom stereocenters. The lowest BCUT2D eigenvalue weighted by molar-refractivity contribution is 0.0304. The molecule has 2 aromatic rings. The summed E-state index contributed by atoms with van der Waals surface area (Å²) in [5.41, 5.74) is 1.73. The van der Waals surface area contributed by atoms with E-state index in [1.165, 1.54) is 6.42 Å². The van der Waals surface area contributed by atoms with Crippen LogP contribution in [0.4, 0.5) is 0 Å². The zero-order valence-electron chi connectivity index (χ0n) is 15.7. The lowest BCUT2D eigenvalue weighted by atomic mass is 9.94. The first-order valence-electron chi connectivity index (χ1n) is 10.3. The molecule has 4 saturated heterocycles. The molecule has 0 N–H and O–H groups in total. The molecule has 1 aromatic carbocycles. The Bertz CT molecular complexity index is 833. The summed E-state index contributed by atoms with van der Waals surface area (Å²) in [5.74, 6) is 0.780. The van der Waals surface area contributed by atoms with Crippen LogP contribution < -0.4 is 0 Å². The molecule has 4 fully saturated rings. The van der Waals surface area contributed by atoms with Gasteiger partial charge in [0.05, 0.1) is 5.52 Å². The number of nitrogens with zero attached hydrogens (tertiary/aromatic N) is 3. The Balaban J connectivity index is 1.37. The number of piperidine rings is 1. The Morgan fingerprint density at radius 2 is 1.89 bits per heavy atom. The molecule has 0 unspecified atom stereocenters. The normalized spacial score (nSPS) is 27.0. The first-order valence-corrected chi connectivity index (χ1v) is 10.3. The third-order valence-electron chi connectivity index (χ3n) is 6.56. The van der Waals surface area contributed by atoms with Gasteiger partial charge < -0.3 is 9.64 Å². The van der Waals surface area contributed by atoms with Crippen molar-refractivity contribution in [2.24, 2.45) is 5.92 Å². The van der Waals surface area contributed by atoms with Crippen LogP contribution in [0.2, 0.25) is 0 Å². The van der Waals surface area contributed by atoms with E-state index in [1.807, 2.05) is 30.3 Å². The summed E-state index contributed by atoms with van der Waals surface area (Å²) >= 11 is 0. The topological polar surface area (TPSA) is 45.7 Å². The number of carbonyl (C=O) groups excluding carboxylic acids is 1. The number of ether oxygens (including phenoxy) is 1. The molecule has 0 spiro atoms. The summed E-state index contributed by atoms with van der Waals surface area (Å²) in [6.45, 7) is 4.80. The minimum absolute atomic E-state index is 0.185. The van der Waals surface area contributed by atoms with Crippen molar-refractivity contribution >= 4 is 16.8 Å². The van der Waals surface area contributed by atoms with Crippen molar-refractivity contribution in [1.29, 1.82) is 0 Å². The second kappa shape index (κ2) is 7.21. The highest BCUT2D eigenvalue weighted by atomic mass is 16.5. The monoisotopic (exact) mass is 365 g/mol. The number of amides is 1. The Kier molecular flexibility index (Phi) is 4.58. The molecule has 1 amide bonds. The lowest BCUT2D eigenvalue weighted by Gasteiger charge is -2.37. The van der Waals surface area contributed by atoms with Crippen molar-refractivity contribution in [3.63, 3.8) is 0 Å². The minimum atomic E-state index is 0.185. The van der Waals surface area contributed by atoms with Crippen molar-refractivity contribution in [2.75, 3.05) is 32.8 Å². The van der Waals surface area contributed by atoms with Crippen LogP contribution in [0.1, 0.15) is 36.0 Å². The largest absolute Gasteiger partial charge is 0.381 e. The number of hydrogen-bond donors (Lipinski definition) is 0. The molecule has 0 saturated carbocycles. The van der Waals surface area contributed by atoms with Gasteiger partial charge in [-0.25, -0.2) is 0 Å². The van der Waals surface area contributed by atoms with E-state index in [1.54, 1.807) is 6.20 Å². The van der Waals surface area contributed by atoms with E-state index in [0.29, 0.717) is 18.0 Å². The quantitative estimate of drug-likeness (QED) is 0.821. The predicted octanol–water partition coefficient (Wildman–Crippen LogP) is 2.95. The molecule has 6 rings (SSSR count). The molecular weight excluding hydrogens is 338 g/mol. The molecule has 5 heterocycles. The van der Waals surface area contributed by atoms with Gasteiger partial charge in [-0.05, 0) is 55.9 Å². The summed E-state index contributed by atoms with van der Waals surface area (Å²) in [4.78, 5) is 22.5. The molecular formula is C22H27N3O2. The van der Waals surface area contributed by atoms with Crippen LogP contribution in [0.5, 0.6) is 0 Å². The Labute approximate surface area is 160 Å². The van der Waals surface area contributed by atoms with Gasteiger partial charge in [0, 0.05) is 62.1 Å². The van der Waals surface area contributed by atoms with E-state index in [4.69, 9.17) is 4.74 Å². The van der Waals surface area contributed by atoms with E-state index >= 15 is 0 Å².